The summed E-state index contributed by atoms with van der Waals surface area (Å²) in [5.74, 6) is -0.876. The second-order valence-corrected chi connectivity index (χ2v) is 5.20. The highest BCUT2D eigenvalue weighted by molar-refractivity contribution is 5.95. The number of aromatic hydroxyl groups is 1. The highest BCUT2D eigenvalue weighted by Gasteiger charge is 2.17. The lowest BCUT2D eigenvalue weighted by Gasteiger charge is -2.18. The van der Waals surface area contributed by atoms with Crippen LogP contribution < -0.4 is 5.32 Å². The number of carbonyl (C=O) groups is 1. The van der Waals surface area contributed by atoms with Crippen LogP contribution in [0.25, 0.3) is 0 Å². The molecule has 18 heavy (non-hydrogen) atoms. The summed E-state index contributed by atoms with van der Waals surface area (Å²) in [4.78, 5) is 21.5. The molecule has 0 fully saturated rings. The van der Waals surface area contributed by atoms with E-state index >= 15 is 0 Å². The van der Waals surface area contributed by atoms with E-state index in [0.29, 0.717) is 6.54 Å². The zero-order chi connectivity index (χ0) is 13.9. The average molecular weight is 252 g/mol. The molecule has 0 bridgehead atoms. The van der Waals surface area contributed by atoms with E-state index in [1.807, 2.05) is 20.8 Å². The molecule has 6 nitrogen and oxygen atoms in total. The van der Waals surface area contributed by atoms with Crippen molar-refractivity contribution in [2.45, 2.75) is 20.8 Å². The summed E-state index contributed by atoms with van der Waals surface area (Å²) in [6.07, 6.45) is 0. The first-order valence-corrected chi connectivity index (χ1v) is 5.46. The minimum atomic E-state index is -0.702. The quantitative estimate of drug-likeness (QED) is 0.636. The molecule has 0 aliphatic heterocycles. The van der Waals surface area contributed by atoms with Gasteiger partial charge in [-0.25, -0.2) is 0 Å². The van der Waals surface area contributed by atoms with E-state index in [-0.39, 0.29) is 16.9 Å². The molecule has 1 aromatic carbocycles. The molecule has 0 spiro atoms. The number of hydrogen-bond acceptors (Lipinski definition) is 4. The van der Waals surface area contributed by atoms with Crippen LogP contribution >= 0.6 is 0 Å². The van der Waals surface area contributed by atoms with Gasteiger partial charge < -0.3 is 10.4 Å². The van der Waals surface area contributed by atoms with Crippen LogP contribution in [0.2, 0.25) is 0 Å². The minimum Gasteiger partial charge on any atom is -0.502 e. The van der Waals surface area contributed by atoms with E-state index < -0.39 is 16.4 Å². The van der Waals surface area contributed by atoms with E-state index in [2.05, 4.69) is 5.32 Å². The predicted molar refractivity (Wildman–Crippen MR) is 66.5 cm³/mol. The number of nitro groups is 1. The lowest BCUT2D eigenvalue weighted by atomic mass is 9.97. The van der Waals surface area contributed by atoms with Crippen molar-refractivity contribution in [3.05, 3.63) is 33.9 Å². The minimum absolute atomic E-state index is 0.0571. The molecule has 0 heterocycles. The molecule has 0 aliphatic carbocycles. The van der Waals surface area contributed by atoms with Crippen LogP contribution in [0.5, 0.6) is 5.75 Å². The number of phenolic OH excluding ortho intramolecular Hbond substituents is 1. The van der Waals surface area contributed by atoms with Gasteiger partial charge in [0.15, 0.2) is 5.75 Å². The van der Waals surface area contributed by atoms with Crippen LogP contribution in [-0.2, 0) is 0 Å². The third-order valence-corrected chi connectivity index (χ3v) is 2.21. The summed E-state index contributed by atoms with van der Waals surface area (Å²) in [5.41, 5.74) is -0.275. The largest absolute Gasteiger partial charge is 0.502 e. The monoisotopic (exact) mass is 252 g/mol. The Morgan fingerprint density at radius 2 is 2.06 bits per heavy atom. The van der Waals surface area contributed by atoms with Gasteiger partial charge in [0.2, 0.25) is 0 Å². The van der Waals surface area contributed by atoms with Crippen molar-refractivity contribution in [3.8, 4) is 5.75 Å². The number of nitrogens with one attached hydrogen (secondary N) is 1. The standard InChI is InChI=1S/C12H16N2O4/c1-12(2,3)7-13-11(16)8-4-5-9(14(17)18)10(15)6-8/h4-6,15H,7H2,1-3H3,(H,13,16). The molecule has 1 rings (SSSR count). The fraction of sp³-hybridized carbons (Fsp3) is 0.417. The van der Waals surface area contributed by atoms with Gasteiger partial charge in [-0.3, -0.25) is 14.9 Å². The van der Waals surface area contributed by atoms with E-state index in [0.717, 1.165) is 12.1 Å². The van der Waals surface area contributed by atoms with Crippen molar-refractivity contribution in [3.63, 3.8) is 0 Å². The Labute approximate surface area is 105 Å². The molecule has 98 valence electrons. The number of phenols is 1. The Hall–Kier alpha value is -2.11. The average Bonchev–Trinajstić information content (AvgIpc) is 2.24. The molecule has 2 N–H and O–H groups in total. The van der Waals surface area contributed by atoms with Crippen LogP contribution in [0.15, 0.2) is 18.2 Å². The zero-order valence-electron chi connectivity index (χ0n) is 10.6. The van der Waals surface area contributed by atoms with Crippen LogP contribution in [-0.4, -0.2) is 22.5 Å². The summed E-state index contributed by atoms with van der Waals surface area (Å²) in [7, 11) is 0. The van der Waals surface area contributed by atoms with Gasteiger partial charge in [0.25, 0.3) is 5.91 Å². The van der Waals surface area contributed by atoms with Crippen LogP contribution in [0, 0.1) is 15.5 Å². The normalized spacial score (nSPS) is 11.1. The molecule has 6 heteroatoms. The maximum atomic E-state index is 11.7. The van der Waals surface area contributed by atoms with Gasteiger partial charge in [0.05, 0.1) is 4.92 Å². The Balaban J connectivity index is 2.82. The fourth-order valence-electron chi connectivity index (χ4n) is 1.27. The summed E-state index contributed by atoms with van der Waals surface area (Å²) >= 11 is 0. The third-order valence-electron chi connectivity index (χ3n) is 2.21. The Kier molecular flexibility index (Phi) is 3.90. The molecule has 0 atom stereocenters. The molecular formula is C12H16N2O4. The van der Waals surface area contributed by atoms with Crippen molar-refractivity contribution in [2.24, 2.45) is 5.41 Å². The van der Waals surface area contributed by atoms with Crippen LogP contribution in [0.4, 0.5) is 5.69 Å². The zero-order valence-corrected chi connectivity index (χ0v) is 10.6. The van der Waals surface area contributed by atoms with Crippen LogP contribution in [0.3, 0.4) is 0 Å². The molecule has 0 aromatic heterocycles. The number of nitrogens with zero attached hydrogens (tertiary/aromatic N) is 1. The van der Waals surface area contributed by atoms with Gasteiger partial charge in [-0.1, -0.05) is 20.8 Å². The third kappa shape index (κ3) is 3.73. The molecule has 0 saturated heterocycles. The van der Waals surface area contributed by atoms with Crippen LogP contribution in [0.1, 0.15) is 31.1 Å². The number of rotatable bonds is 3. The second-order valence-electron chi connectivity index (χ2n) is 5.20. The first-order valence-electron chi connectivity index (χ1n) is 5.46. The Morgan fingerprint density at radius 1 is 1.44 bits per heavy atom. The predicted octanol–water partition coefficient (Wildman–Crippen LogP) is 2.08. The van der Waals surface area contributed by atoms with Crippen molar-refractivity contribution < 1.29 is 14.8 Å². The van der Waals surface area contributed by atoms with Gasteiger partial charge in [0.1, 0.15) is 0 Å². The molecule has 0 unspecified atom stereocenters. The van der Waals surface area contributed by atoms with Crippen molar-refractivity contribution in [1.29, 1.82) is 0 Å². The lowest BCUT2D eigenvalue weighted by Crippen LogP contribution is -2.32. The van der Waals surface area contributed by atoms with E-state index in [1.165, 1.54) is 6.07 Å². The van der Waals surface area contributed by atoms with Gasteiger partial charge in [-0.05, 0) is 17.5 Å². The summed E-state index contributed by atoms with van der Waals surface area (Å²) < 4.78 is 0. The van der Waals surface area contributed by atoms with Gasteiger partial charge in [-0.15, -0.1) is 0 Å². The van der Waals surface area contributed by atoms with Crippen molar-refractivity contribution in [2.75, 3.05) is 6.54 Å². The summed E-state index contributed by atoms with van der Waals surface area (Å²) in [5, 5.41) is 22.6. The first kappa shape index (κ1) is 14.0. The van der Waals surface area contributed by atoms with E-state index in [9.17, 15) is 20.0 Å². The first-order chi connectivity index (χ1) is 8.20. The second kappa shape index (κ2) is 5.03. The lowest BCUT2D eigenvalue weighted by molar-refractivity contribution is -0.385. The maximum absolute atomic E-state index is 11.7. The molecule has 0 radical (unpaired) electrons. The summed E-state index contributed by atoms with van der Waals surface area (Å²) in [6.45, 7) is 6.39. The number of amides is 1. The maximum Gasteiger partial charge on any atom is 0.310 e. The fourth-order valence-corrected chi connectivity index (χ4v) is 1.27. The topological polar surface area (TPSA) is 92.5 Å². The Morgan fingerprint density at radius 3 is 2.50 bits per heavy atom. The summed E-state index contributed by atoms with van der Waals surface area (Å²) in [6, 6.07) is 3.52. The van der Waals surface area contributed by atoms with Gasteiger partial charge in [0, 0.05) is 18.2 Å². The number of hydrogen-bond donors (Lipinski definition) is 2. The van der Waals surface area contributed by atoms with Crippen molar-refractivity contribution in [1.82, 2.24) is 5.32 Å². The van der Waals surface area contributed by atoms with E-state index in [1.54, 1.807) is 0 Å². The smallest absolute Gasteiger partial charge is 0.310 e. The Bertz CT molecular complexity index is 477. The number of carbonyl (C=O) groups excluding carboxylic acids is 1. The van der Waals surface area contributed by atoms with E-state index in [4.69, 9.17) is 0 Å². The van der Waals surface area contributed by atoms with Gasteiger partial charge >= 0.3 is 5.69 Å². The number of benzene rings is 1. The molecule has 1 amide bonds. The molecular weight excluding hydrogens is 236 g/mol. The highest BCUT2D eigenvalue weighted by atomic mass is 16.6. The highest BCUT2D eigenvalue weighted by Crippen LogP contribution is 2.26. The molecule has 0 aliphatic rings. The SMILES string of the molecule is CC(C)(C)CNC(=O)c1ccc([N+](=O)[O-])c(O)c1. The molecule has 0 saturated carbocycles. The molecule has 1 aromatic rings. The van der Waals surface area contributed by atoms with Gasteiger partial charge in [-0.2, -0.15) is 0 Å². The van der Waals surface area contributed by atoms with Crippen molar-refractivity contribution >= 4 is 11.6 Å². The number of nitro benzene ring substituents is 1.